The van der Waals surface area contributed by atoms with Gasteiger partial charge in [-0.25, -0.2) is 9.97 Å². The van der Waals surface area contributed by atoms with Gasteiger partial charge in [0.05, 0.1) is 18.4 Å². The van der Waals surface area contributed by atoms with Crippen LogP contribution in [0.4, 0.5) is 0 Å². The molecular formula is C28H46N2O3. The maximum atomic E-state index is 12.6. The summed E-state index contributed by atoms with van der Waals surface area (Å²) >= 11 is 0. The van der Waals surface area contributed by atoms with Crippen LogP contribution < -0.4 is 0 Å². The number of carbonyl (C=O) groups excluding carboxylic acids is 1. The van der Waals surface area contributed by atoms with Crippen LogP contribution in [0.25, 0.3) is 11.2 Å². The zero-order valence-corrected chi connectivity index (χ0v) is 22.3. The Bertz CT molecular complexity index is 869. The lowest BCUT2D eigenvalue weighted by Crippen LogP contribution is -2.23. The molecule has 5 heteroatoms. The SMILES string of the molecule is CC1CC1.CCCC(CCCCC(=O)c1cnc2oc(C(C)(C)C)cc2n1)COC(C)(C)C. The molecule has 0 aliphatic heterocycles. The molecule has 33 heavy (non-hydrogen) atoms. The van der Waals surface area contributed by atoms with Gasteiger partial charge in [-0.2, -0.15) is 0 Å². The fraction of sp³-hybridized carbons (Fsp3) is 0.750. The maximum Gasteiger partial charge on any atom is 0.245 e. The lowest BCUT2D eigenvalue weighted by atomic mass is 9.93. The molecule has 5 nitrogen and oxygen atoms in total. The number of aromatic nitrogens is 2. The topological polar surface area (TPSA) is 65.2 Å². The standard InChI is InChI=1S/C24H38N2O3.C4H8/c1-8-11-17(16-28-24(5,6)7)12-9-10-13-20(27)19-15-25-22-18(26-19)14-21(29-22)23(2,3)4;1-4-2-3-4/h14-15,17H,8-13,16H2,1-7H3;4H,2-3H2,1H3. The Hall–Kier alpha value is -1.75. The number of ketones is 1. The molecule has 0 bridgehead atoms. The third-order valence-electron chi connectivity index (χ3n) is 5.84. The van der Waals surface area contributed by atoms with E-state index in [4.69, 9.17) is 9.15 Å². The monoisotopic (exact) mass is 458 g/mol. The normalized spacial score (nSPS) is 15.3. The molecule has 1 aliphatic carbocycles. The van der Waals surface area contributed by atoms with Gasteiger partial charge in [-0.1, -0.05) is 60.3 Å². The molecule has 0 saturated heterocycles. The highest BCUT2D eigenvalue weighted by molar-refractivity contribution is 5.95. The van der Waals surface area contributed by atoms with Crippen LogP contribution in [0, 0.1) is 11.8 Å². The summed E-state index contributed by atoms with van der Waals surface area (Å²) in [7, 11) is 0. The smallest absolute Gasteiger partial charge is 0.245 e. The third kappa shape index (κ3) is 10.4. The van der Waals surface area contributed by atoms with E-state index in [1.165, 1.54) is 25.5 Å². The van der Waals surface area contributed by atoms with Crippen molar-refractivity contribution in [3.63, 3.8) is 0 Å². The van der Waals surface area contributed by atoms with E-state index in [0.29, 0.717) is 29.3 Å². The van der Waals surface area contributed by atoms with Crippen LogP contribution in [0.15, 0.2) is 16.7 Å². The number of unbranched alkanes of at least 4 members (excludes halogenated alkanes) is 1. The van der Waals surface area contributed by atoms with Crippen LogP contribution >= 0.6 is 0 Å². The second kappa shape index (κ2) is 12.1. The van der Waals surface area contributed by atoms with Gasteiger partial charge < -0.3 is 9.15 Å². The first-order valence-electron chi connectivity index (χ1n) is 12.8. The van der Waals surface area contributed by atoms with Crippen molar-refractivity contribution in [2.24, 2.45) is 11.8 Å². The summed E-state index contributed by atoms with van der Waals surface area (Å²) in [5.41, 5.74) is 1.37. The Morgan fingerprint density at radius 1 is 1.15 bits per heavy atom. The molecule has 3 rings (SSSR count). The van der Waals surface area contributed by atoms with Gasteiger partial charge in [0.15, 0.2) is 5.78 Å². The molecule has 1 fully saturated rings. The van der Waals surface area contributed by atoms with Crippen LogP contribution in [0.5, 0.6) is 0 Å². The van der Waals surface area contributed by atoms with E-state index in [9.17, 15) is 4.79 Å². The van der Waals surface area contributed by atoms with Gasteiger partial charge in [-0.15, -0.1) is 0 Å². The molecule has 0 spiro atoms. The molecule has 0 radical (unpaired) electrons. The summed E-state index contributed by atoms with van der Waals surface area (Å²) in [6.45, 7) is 17.8. The van der Waals surface area contributed by atoms with E-state index in [1.807, 2.05) is 6.07 Å². The van der Waals surface area contributed by atoms with Crippen molar-refractivity contribution in [3.8, 4) is 0 Å². The quantitative estimate of drug-likeness (QED) is 0.267. The number of furan rings is 1. The fourth-order valence-electron chi connectivity index (χ4n) is 3.43. The second-order valence-electron chi connectivity index (χ2n) is 11.7. The summed E-state index contributed by atoms with van der Waals surface area (Å²) < 4.78 is 11.7. The van der Waals surface area contributed by atoms with Crippen molar-refractivity contribution in [1.82, 2.24) is 9.97 Å². The third-order valence-corrected chi connectivity index (χ3v) is 5.84. The zero-order valence-electron chi connectivity index (χ0n) is 22.3. The molecule has 186 valence electrons. The fourth-order valence-corrected chi connectivity index (χ4v) is 3.43. The average Bonchev–Trinajstić information content (AvgIpc) is 3.37. The number of fused-ring (bicyclic) bond motifs is 1. The maximum absolute atomic E-state index is 12.6. The van der Waals surface area contributed by atoms with Crippen LogP contribution in [0.2, 0.25) is 0 Å². The van der Waals surface area contributed by atoms with Gasteiger partial charge in [-0.3, -0.25) is 4.79 Å². The van der Waals surface area contributed by atoms with Crippen molar-refractivity contribution in [1.29, 1.82) is 0 Å². The average molecular weight is 459 g/mol. The van der Waals surface area contributed by atoms with E-state index >= 15 is 0 Å². The molecule has 1 saturated carbocycles. The number of carbonyl (C=O) groups is 1. The number of rotatable bonds is 10. The Morgan fingerprint density at radius 3 is 2.36 bits per heavy atom. The zero-order chi connectivity index (χ0) is 24.6. The molecule has 2 aromatic rings. The van der Waals surface area contributed by atoms with Gasteiger partial charge in [0, 0.05) is 17.9 Å². The minimum absolute atomic E-state index is 0.0518. The molecule has 1 unspecified atom stereocenters. The van der Waals surface area contributed by atoms with Crippen molar-refractivity contribution in [2.45, 2.75) is 118 Å². The molecule has 1 atom stereocenters. The van der Waals surface area contributed by atoms with Gasteiger partial charge in [0.25, 0.3) is 0 Å². The second-order valence-corrected chi connectivity index (χ2v) is 11.7. The molecule has 0 amide bonds. The lowest BCUT2D eigenvalue weighted by Gasteiger charge is -2.24. The summed E-state index contributed by atoms with van der Waals surface area (Å²) in [4.78, 5) is 21.3. The lowest BCUT2D eigenvalue weighted by molar-refractivity contribution is -0.0252. The molecule has 0 N–H and O–H groups in total. The van der Waals surface area contributed by atoms with Crippen LogP contribution in [-0.4, -0.2) is 28.0 Å². The summed E-state index contributed by atoms with van der Waals surface area (Å²) in [5, 5.41) is 0. The Kier molecular flexibility index (Phi) is 10.1. The van der Waals surface area contributed by atoms with E-state index < -0.39 is 0 Å². The van der Waals surface area contributed by atoms with Crippen LogP contribution in [-0.2, 0) is 10.2 Å². The van der Waals surface area contributed by atoms with E-state index in [-0.39, 0.29) is 16.8 Å². The summed E-state index contributed by atoms with van der Waals surface area (Å²) in [6, 6.07) is 1.89. The van der Waals surface area contributed by atoms with Crippen molar-refractivity contribution in [3.05, 3.63) is 23.7 Å². The number of hydrogen-bond donors (Lipinski definition) is 0. The van der Waals surface area contributed by atoms with Crippen LogP contribution in [0.1, 0.15) is 123 Å². The Morgan fingerprint density at radius 2 is 1.82 bits per heavy atom. The summed E-state index contributed by atoms with van der Waals surface area (Å²) in [5.74, 6) is 2.53. The first-order chi connectivity index (χ1) is 15.4. The Balaban J connectivity index is 0.000000866. The first-order valence-corrected chi connectivity index (χ1v) is 12.8. The first kappa shape index (κ1) is 27.5. The van der Waals surface area contributed by atoms with Gasteiger partial charge in [-0.05, 0) is 51.9 Å². The number of ether oxygens (including phenoxy) is 1. The van der Waals surface area contributed by atoms with E-state index in [1.54, 1.807) is 0 Å². The summed E-state index contributed by atoms with van der Waals surface area (Å²) in [6.07, 6.45) is 10.3. The predicted molar refractivity (Wildman–Crippen MR) is 136 cm³/mol. The van der Waals surface area contributed by atoms with Crippen molar-refractivity contribution >= 4 is 17.0 Å². The predicted octanol–water partition coefficient (Wildman–Crippen LogP) is 7.91. The van der Waals surface area contributed by atoms with E-state index in [0.717, 1.165) is 44.0 Å². The highest BCUT2D eigenvalue weighted by Gasteiger charge is 2.21. The van der Waals surface area contributed by atoms with Crippen molar-refractivity contribution in [2.75, 3.05) is 6.61 Å². The van der Waals surface area contributed by atoms with Crippen molar-refractivity contribution < 1.29 is 13.9 Å². The number of hydrogen-bond acceptors (Lipinski definition) is 5. The minimum Gasteiger partial charge on any atom is -0.441 e. The minimum atomic E-state index is -0.113. The molecular weight excluding hydrogens is 412 g/mol. The molecule has 2 aromatic heterocycles. The molecule has 0 aromatic carbocycles. The van der Waals surface area contributed by atoms with Gasteiger partial charge in [0.1, 0.15) is 17.0 Å². The van der Waals surface area contributed by atoms with Crippen LogP contribution in [0.3, 0.4) is 0 Å². The highest BCUT2D eigenvalue weighted by Crippen LogP contribution is 2.28. The largest absolute Gasteiger partial charge is 0.441 e. The van der Waals surface area contributed by atoms with E-state index in [2.05, 4.69) is 65.4 Å². The molecule has 2 heterocycles. The molecule has 1 aliphatic rings. The Labute approximate surface area is 201 Å². The number of nitrogens with zero attached hydrogens (tertiary/aromatic N) is 2. The van der Waals surface area contributed by atoms with Gasteiger partial charge >= 0.3 is 0 Å². The number of Topliss-reactive ketones (excluding diaryl/α,β-unsaturated/α-hetero) is 1. The van der Waals surface area contributed by atoms with Gasteiger partial charge in [0.2, 0.25) is 5.71 Å². The highest BCUT2D eigenvalue weighted by atomic mass is 16.5.